The van der Waals surface area contributed by atoms with Crippen LogP contribution in [0.25, 0.3) is 34.8 Å². The van der Waals surface area contributed by atoms with E-state index in [1.165, 1.54) is 35.7 Å². The first-order valence-electron chi connectivity index (χ1n) is 16.1. The molecular weight excluding hydrogens is 741 g/mol. The summed E-state index contributed by atoms with van der Waals surface area (Å²) >= 11 is 12.3. The van der Waals surface area contributed by atoms with Crippen molar-refractivity contribution in [1.82, 2.24) is 20.4 Å². The van der Waals surface area contributed by atoms with Crippen LogP contribution in [0.5, 0.6) is 0 Å². The molecule has 2 aromatic heterocycles. The summed E-state index contributed by atoms with van der Waals surface area (Å²) in [4.78, 5) is 52.3. The predicted octanol–water partition coefficient (Wildman–Crippen LogP) is 6.74. The van der Waals surface area contributed by atoms with E-state index in [0.717, 1.165) is 37.3 Å². The molecule has 2 aromatic carbocycles. The predicted molar refractivity (Wildman–Crippen MR) is 210 cm³/mol. The Morgan fingerprint density at radius 3 is 1.54 bits per heavy atom. The number of hydrogen-bond donors (Lipinski definition) is 3. The van der Waals surface area contributed by atoms with Crippen LogP contribution in [-0.4, -0.2) is 79.5 Å². The number of hydrogen-bond acceptors (Lipinski definition) is 11. The van der Waals surface area contributed by atoms with Crippen LogP contribution in [0, 0.1) is 0 Å². The van der Waals surface area contributed by atoms with Gasteiger partial charge in [-0.05, 0) is 62.4 Å². The lowest BCUT2D eigenvalue weighted by molar-refractivity contribution is -0.116. The van der Waals surface area contributed by atoms with Crippen molar-refractivity contribution < 1.29 is 33.1 Å². The summed E-state index contributed by atoms with van der Waals surface area (Å²) in [6, 6.07) is 21.5. The number of thioether (sulfide) groups is 2. The molecule has 3 aliphatic heterocycles. The fraction of sp³-hybridized carbons (Fsp3) is 0.189. The molecule has 4 aromatic rings. The largest absolute Gasteiger partial charge is 0.478 e. The number of carbonyl (C=O) groups is 4. The van der Waals surface area contributed by atoms with Gasteiger partial charge in [-0.2, -0.15) is 0 Å². The molecular formula is C37H32N4O7S4. The molecule has 7 rings (SSSR count). The quantitative estimate of drug-likeness (QED) is 0.135. The molecule has 266 valence electrons. The van der Waals surface area contributed by atoms with Crippen molar-refractivity contribution in [1.29, 1.82) is 0 Å². The number of nitrogens with zero attached hydrogens (tertiary/aromatic N) is 2. The number of rotatable bonds is 7. The number of amides is 3. The molecule has 11 nitrogen and oxygen atoms in total. The van der Waals surface area contributed by atoms with Gasteiger partial charge in [0.15, 0.2) is 0 Å². The van der Waals surface area contributed by atoms with Gasteiger partial charge >= 0.3 is 5.97 Å². The van der Waals surface area contributed by atoms with Crippen molar-refractivity contribution in [3.8, 4) is 22.6 Å². The fourth-order valence-corrected chi connectivity index (χ4v) is 7.50. The minimum absolute atomic E-state index is 0.0649. The van der Waals surface area contributed by atoms with Crippen LogP contribution in [0.1, 0.15) is 46.1 Å². The standard InChI is InChI=1S/C22H23N3O3S2.C15H9NO4S2/c1-14(2)24-9-11-25(12-10-24)21(27)16-5-3-15(4-6-16)18-8-7-17(28-18)13-19-20(26)23-22(29)30-19;17-13-12(22-15(21)16-13)7-10-5-6-11(20-10)8-1-3-9(4-2-8)14(18)19/h3-8,13-14H,9-12H2,1-2H3,(H,23,26,29);1-7H,(H,18,19)(H,16,17,21)/b19-13-;12-7-. The number of benzene rings is 2. The Morgan fingerprint density at radius 1 is 0.712 bits per heavy atom. The molecule has 0 radical (unpaired) electrons. The zero-order chi connectivity index (χ0) is 36.9. The highest BCUT2D eigenvalue weighted by Gasteiger charge is 2.25. The van der Waals surface area contributed by atoms with E-state index in [-0.39, 0.29) is 23.3 Å². The average Bonchev–Trinajstić information content (AvgIpc) is 3.93. The summed E-state index contributed by atoms with van der Waals surface area (Å²) in [5, 5.41) is 14.0. The molecule has 3 saturated heterocycles. The highest BCUT2D eigenvalue weighted by molar-refractivity contribution is 8.27. The van der Waals surface area contributed by atoms with E-state index < -0.39 is 5.97 Å². The smallest absolute Gasteiger partial charge is 0.335 e. The summed E-state index contributed by atoms with van der Waals surface area (Å²) in [6.45, 7) is 7.69. The maximum atomic E-state index is 12.8. The molecule has 52 heavy (non-hydrogen) atoms. The van der Waals surface area contributed by atoms with Crippen LogP contribution in [0.3, 0.4) is 0 Å². The maximum Gasteiger partial charge on any atom is 0.335 e. The van der Waals surface area contributed by atoms with Crippen molar-refractivity contribution >= 4 is 92.4 Å². The topological polar surface area (TPSA) is 145 Å². The molecule has 5 heterocycles. The van der Waals surface area contributed by atoms with E-state index in [2.05, 4.69) is 29.4 Å². The second-order valence-electron chi connectivity index (χ2n) is 12.0. The van der Waals surface area contributed by atoms with Gasteiger partial charge in [-0.3, -0.25) is 19.3 Å². The van der Waals surface area contributed by atoms with Crippen molar-refractivity contribution in [3.05, 3.63) is 105 Å². The van der Waals surface area contributed by atoms with Crippen molar-refractivity contribution in [2.24, 2.45) is 0 Å². The first-order chi connectivity index (χ1) is 24.9. The van der Waals surface area contributed by atoms with Gasteiger partial charge in [0.25, 0.3) is 17.7 Å². The third kappa shape index (κ3) is 8.97. The van der Waals surface area contributed by atoms with E-state index in [4.69, 9.17) is 38.4 Å². The summed E-state index contributed by atoms with van der Waals surface area (Å²) in [6.07, 6.45) is 3.30. The number of piperazine rings is 1. The van der Waals surface area contributed by atoms with Gasteiger partial charge in [0.1, 0.15) is 31.7 Å². The number of furan rings is 2. The van der Waals surface area contributed by atoms with Crippen LogP contribution >= 0.6 is 48.0 Å². The molecule has 15 heteroatoms. The molecule has 0 unspecified atom stereocenters. The van der Waals surface area contributed by atoms with E-state index in [9.17, 15) is 19.2 Å². The first-order valence-corrected chi connectivity index (χ1v) is 18.6. The summed E-state index contributed by atoms with van der Waals surface area (Å²) < 4.78 is 12.4. The first kappa shape index (κ1) is 37.0. The SMILES string of the molecule is CC(C)N1CCN(C(=O)c2ccc(-c3ccc(/C=C4\SC(=S)NC4=O)o3)cc2)CC1.O=C1NC(=S)S/C1=C\c1ccc(-c2ccc(C(=O)O)cc2)o1. The monoisotopic (exact) mass is 772 g/mol. The summed E-state index contributed by atoms with van der Waals surface area (Å²) in [7, 11) is 0. The third-order valence-electron chi connectivity index (χ3n) is 8.25. The van der Waals surface area contributed by atoms with Gasteiger partial charge in [0.2, 0.25) is 0 Å². The van der Waals surface area contributed by atoms with Gasteiger partial charge < -0.3 is 29.5 Å². The Hall–Kier alpha value is -4.80. The number of aromatic carboxylic acids is 1. The Balaban J connectivity index is 0.000000187. The van der Waals surface area contributed by atoms with Gasteiger partial charge in [0.05, 0.1) is 15.4 Å². The van der Waals surface area contributed by atoms with Gasteiger partial charge in [-0.1, -0.05) is 72.2 Å². The molecule has 0 atom stereocenters. The Kier molecular flexibility index (Phi) is 11.6. The molecule has 0 bridgehead atoms. The average molecular weight is 773 g/mol. The van der Waals surface area contributed by atoms with E-state index in [1.54, 1.807) is 36.4 Å². The van der Waals surface area contributed by atoms with Crippen molar-refractivity contribution in [2.45, 2.75) is 19.9 Å². The molecule has 3 fully saturated rings. The number of thiocarbonyl (C=S) groups is 2. The van der Waals surface area contributed by atoms with Crippen molar-refractivity contribution in [3.63, 3.8) is 0 Å². The van der Waals surface area contributed by atoms with Crippen LogP contribution in [-0.2, 0) is 9.59 Å². The second kappa shape index (κ2) is 16.3. The number of nitrogens with one attached hydrogen (secondary N) is 2. The second-order valence-corrected chi connectivity index (χ2v) is 15.4. The maximum absolute atomic E-state index is 12.8. The summed E-state index contributed by atoms with van der Waals surface area (Å²) in [5.41, 5.74) is 2.52. The number of carboxylic acid groups (broad SMARTS) is 1. The highest BCUT2D eigenvalue weighted by atomic mass is 32.2. The molecule has 0 saturated carbocycles. The van der Waals surface area contributed by atoms with E-state index in [0.29, 0.717) is 53.1 Å². The Morgan fingerprint density at radius 2 is 1.15 bits per heavy atom. The zero-order valence-electron chi connectivity index (χ0n) is 27.9. The minimum Gasteiger partial charge on any atom is -0.478 e. The zero-order valence-corrected chi connectivity index (χ0v) is 31.2. The van der Waals surface area contributed by atoms with Gasteiger partial charge in [0, 0.05) is 61.1 Å². The van der Waals surface area contributed by atoms with E-state index in [1.807, 2.05) is 41.3 Å². The molecule has 3 aliphatic rings. The number of carboxylic acids is 1. The van der Waals surface area contributed by atoms with Gasteiger partial charge in [-0.25, -0.2) is 4.79 Å². The van der Waals surface area contributed by atoms with E-state index >= 15 is 0 Å². The number of carbonyl (C=O) groups excluding carboxylic acids is 3. The third-order valence-corrected chi connectivity index (χ3v) is 10.6. The van der Waals surface area contributed by atoms with Crippen molar-refractivity contribution in [2.75, 3.05) is 26.2 Å². The Labute approximate surface area is 318 Å². The van der Waals surface area contributed by atoms with Gasteiger partial charge in [-0.15, -0.1) is 0 Å². The van der Waals surface area contributed by atoms with Crippen LogP contribution in [0.2, 0.25) is 0 Å². The Bertz CT molecular complexity index is 2110. The van der Waals surface area contributed by atoms with Crippen LogP contribution in [0.4, 0.5) is 0 Å². The molecule has 0 spiro atoms. The minimum atomic E-state index is -0.975. The lowest BCUT2D eigenvalue weighted by Gasteiger charge is -2.37. The lowest BCUT2D eigenvalue weighted by atomic mass is 10.1. The molecule has 3 N–H and O–H groups in total. The lowest BCUT2D eigenvalue weighted by Crippen LogP contribution is -2.50. The highest BCUT2D eigenvalue weighted by Crippen LogP contribution is 2.30. The fourth-order valence-electron chi connectivity index (χ4n) is 5.45. The molecule has 0 aliphatic carbocycles. The van der Waals surface area contributed by atoms with Crippen LogP contribution in [0.15, 0.2) is 91.4 Å². The normalized spacial score (nSPS) is 17.8. The molecule has 3 amide bonds. The summed E-state index contributed by atoms with van der Waals surface area (Å²) in [5.74, 6) is 1.02. The van der Waals surface area contributed by atoms with Crippen LogP contribution < -0.4 is 10.6 Å².